The van der Waals surface area contributed by atoms with Gasteiger partial charge in [-0.2, -0.15) is 0 Å². The van der Waals surface area contributed by atoms with Gasteiger partial charge in [0.2, 0.25) is 0 Å². The molecule has 1 aliphatic heterocycles. The molecule has 6 heteroatoms. The highest BCUT2D eigenvalue weighted by molar-refractivity contribution is 5.94. The molecule has 0 aromatic heterocycles. The summed E-state index contributed by atoms with van der Waals surface area (Å²) in [7, 11) is 0. The van der Waals surface area contributed by atoms with Crippen molar-refractivity contribution in [3.05, 3.63) is 34.9 Å². The molecule has 2 N–H and O–H groups in total. The second-order valence-electron chi connectivity index (χ2n) is 5.00. The zero-order chi connectivity index (χ0) is 14.7. The molecule has 1 amide bonds. The van der Waals surface area contributed by atoms with E-state index in [4.69, 9.17) is 5.11 Å². The number of carbonyl (C=O) groups is 1. The number of nitrogens with one attached hydrogen (secondary N) is 1. The van der Waals surface area contributed by atoms with E-state index in [-0.39, 0.29) is 23.8 Å². The van der Waals surface area contributed by atoms with E-state index in [1.54, 1.807) is 0 Å². The van der Waals surface area contributed by atoms with Crippen molar-refractivity contribution in [1.82, 2.24) is 10.2 Å². The lowest BCUT2D eigenvalue weighted by Gasteiger charge is -2.33. The van der Waals surface area contributed by atoms with Crippen molar-refractivity contribution in [2.24, 2.45) is 0 Å². The fourth-order valence-electron chi connectivity index (χ4n) is 2.34. The number of hydrogen-bond donors (Lipinski definition) is 2. The monoisotopic (exact) mass is 284 g/mol. The molecular formula is C14H18F2N2O2. The van der Waals surface area contributed by atoms with E-state index < -0.39 is 17.5 Å². The fourth-order valence-corrected chi connectivity index (χ4v) is 2.34. The minimum absolute atomic E-state index is 0.0175. The van der Waals surface area contributed by atoms with Crippen molar-refractivity contribution >= 4 is 5.91 Å². The first-order valence-corrected chi connectivity index (χ1v) is 6.62. The standard InChI is InChI=1S/C14H18F2N2O2/c1-9-6-13(16)11(7-12(9)15)14(20)18-4-3-17-10(8-18)2-5-19/h6-7,10,17,19H,2-5,8H2,1H3. The lowest BCUT2D eigenvalue weighted by atomic mass is 10.1. The van der Waals surface area contributed by atoms with E-state index >= 15 is 0 Å². The molecule has 0 radical (unpaired) electrons. The number of nitrogens with zero attached hydrogens (tertiary/aromatic N) is 1. The number of rotatable bonds is 3. The van der Waals surface area contributed by atoms with Crippen LogP contribution in [0.1, 0.15) is 22.3 Å². The van der Waals surface area contributed by atoms with Gasteiger partial charge >= 0.3 is 0 Å². The van der Waals surface area contributed by atoms with Gasteiger partial charge in [-0.15, -0.1) is 0 Å². The lowest BCUT2D eigenvalue weighted by molar-refractivity contribution is 0.0685. The van der Waals surface area contributed by atoms with Gasteiger partial charge in [-0.1, -0.05) is 0 Å². The van der Waals surface area contributed by atoms with Crippen LogP contribution in [0.4, 0.5) is 8.78 Å². The van der Waals surface area contributed by atoms with Crippen LogP contribution in [0, 0.1) is 18.6 Å². The Morgan fingerprint density at radius 3 is 2.90 bits per heavy atom. The first-order valence-electron chi connectivity index (χ1n) is 6.62. The van der Waals surface area contributed by atoms with Gasteiger partial charge in [0.25, 0.3) is 5.91 Å². The van der Waals surface area contributed by atoms with Gasteiger partial charge in [0.15, 0.2) is 0 Å². The third-order valence-electron chi connectivity index (χ3n) is 3.50. The molecule has 1 saturated heterocycles. The minimum atomic E-state index is -0.703. The first-order chi connectivity index (χ1) is 9.52. The Hall–Kier alpha value is -1.53. The molecule has 0 saturated carbocycles. The lowest BCUT2D eigenvalue weighted by Crippen LogP contribution is -2.53. The van der Waals surface area contributed by atoms with E-state index in [1.807, 2.05) is 0 Å². The van der Waals surface area contributed by atoms with E-state index in [2.05, 4.69) is 5.32 Å². The zero-order valence-electron chi connectivity index (χ0n) is 11.3. The number of aryl methyl sites for hydroxylation is 1. The zero-order valence-corrected chi connectivity index (χ0v) is 11.3. The molecule has 1 aromatic carbocycles. The topological polar surface area (TPSA) is 52.6 Å². The van der Waals surface area contributed by atoms with Crippen LogP contribution in [0.2, 0.25) is 0 Å². The SMILES string of the molecule is Cc1cc(F)c(C(=O)N2CCNC(CCO)C2)cc1F. The van der Waals surface area contributed by atoms with Crippen molar-refractivity contribution in [3.63, 3.8) is 0 Å². The third-order valence-corrected chi connectivity index (χ3v) is 3.50. The van der Waals surface area contributed by atoms with E-state index in [0.29, 0.717) is 26.1 Å². The van der Waals surface area contributed by atoms with Crippen LogP contribution >= 0.6 is 0 Å². The number of piperazine rings is 1. The molecule has 1 aliphatic rings. The quantitative estimate of drug-likeness (QED) is 0.873. The molecule has 1 aromatic rings. The normalized spacial score (nSPS) is 19.2. The molecule has 4 nitrogen and oxygen atoms in total. The summed E-state index contributed by atoms with van der Waals surface area (Å²) in [5.74, 6) is -1.80. The van der Waals surface area contributed by atoms with Crippen LogP contribution in [-0.4, -0.2) is 48.2 Å². The van der Waals surface area contributed by atoms with Crippen molar-refractivity contribution in [1.29, 1.82) is 0 Å². The van der Waals surface area contributed by atoms with Crippen LogP contribution < -0.4 is 5.32 Å². The molecule has 0 aliphatic carbocycles. The van der Waals surface area contributed by atoms with E-state index in [1.165, 1.54) is 11.8 Å². The molecule has 0 bridgehead atoms. The number of aliphatic hydroxyl groups is 1. The van der Waals surface area contributed by atoms with Crippen molar-refractivity contribution in [2.75, 3.05) is 26.2 Å². The third kappa shape index (κ3) is 3.13. The highest BCUT2D eigenvalue weighted by atomic mass is 19.1. The van der Waals surface area contributed by atoms with Crippen LogP contribution in [0.3, 0.4) is 0 Å². The summed E-state index contributed by atoms with van der Waals surface area (Å²) in [6.45, 7) is 2.87. The minimum Gasteiger partial charge on any atom is -0.396 e. The van der Waals surface area contributed by atoms with Gasteiger partial charge in [-0.3, -0.25) is 4.79 Å². The molecule has 1 heterocycles. The maximum Gasteiger partial charge on any atom is 0.257 e. The molecule has 0 spiro atoms. The second kappa shape index (κ2) is 6.28. The van der Waals surface area contributed by atoms with Gasteiger partial charge in [0, 0.05) is 32.3 Å². The predicted molar refractivity (Wildman–Crippen MR) is 70.5 cm³/mol. The summed E-state index contributed by atoms with van der Waals surface area (Å²) in [6, 6.07) is 1.97. The van der Waals surface area contributed by atoms with Gasteiger partial charge in [-0.05, 0) is 31.0 Å². The van der Waals surface area contributed by atoms with Crippen LogP contribution in [0.15, 0.2) is 12.1 Å². The number of hydrogen-bond acceptors (Lipinski definition) is 3. The number of carbonyl (C=O) groups excluding carboxylic acids is 1. The Kier molecular flexibility index (Phi) is 4.67. The number of amides is 1. The Balaban J connectivity index is 2.16. The smallest absolute Gasteiger partial charge is 0.257 e. The Bertz CT molecular complexity index is 506. The predicted octanol–water partition coefficient (Wildman–Crippen LogP) is 1.07. The van der Waals surface area contributed by atoms with Gasteiger partial charge in [0.05, 0.1) is 5.56 Å². The average Bonchev–Trinajstić information content (AvgIpc) is 2.43. The Morgan fingerprint density at radius 1 is 1.45 bits per heavy atom. The molecule has 1 fully saturated rings. The number of benzene rings is 1. The Labute approximate surface area is 116 Å². The number of halogens is 2. The molecule has 2 rings (SSSR count). The van der Waals surface area contributed by atoms with Gasteiger partial charge in [-0.25, -0.2) is 8.78 Å². The fraction of sp³-hybridized carbons (Fsp3) is 0.500. The second-order valence-corrected chi connectivity index (χ2v) is 5.00. The summed E-state index contributed by atoms with van der Waals surface area (Å²) in [4.78, 5) is 13.8. The maximum absolute atomic E-state index is 13.8. The van der Waals surface area contributed by atoms with Crippen molar-refractivity contribution in [2.45, 2.75) is 19.4 Å². The Morgan fingerprint density at radius 2 is 2.20 bits per heavy atom. The molecular weight excluding hydrogens is 266 g/mol. The van der Waals surface area contributed by atoms with E-state index in [0.717, 1.165) is 12.1 Å². The van der Waals surface area contributed by atoms with Gasteiger partial charge in [0.1, 0.15) is 11.6 Å². The molecule has 20 heavy (non-hydrogen) atoms. The summed E-state index contributed by atoms with van der Waals surface area (Å²) >= 11 is 0. The largest absolute Gasteiger partial charge is 0.396 e. The van der Waals surface area contributed by atoms with Crippen LogP contribution in [0.25, 0.3) is 0 Å². The molecule has 1 atom stereocenters. The summed E-state index contributed by atoms with van der Waals surface area (Å²) in [5.41, 5.74) is -0.0599. The van der Waals surface area contributed by atoms with Crippen LogP contribution in [-0.2, 0) is 0 Å². The first kappa shape index (κ1) is 14.9. The summed E-state index contributed by atoms with van der Waals surface area (Å²) in [5, 5.41) is 12.1. The van der Waals surface area contributed by atoms with Gasteiger partial charge < -0.3 is 15.3 Å². The molecule has 1 unspecified atom stereocenters. The summed E-state index contributed by atoms with van der Waals surface area (Å²) < 4.78 is 27.3. The van der Waals surface area contributed by atoms with Crippen LogP contribution in [0.5, 0.6) is 0 Å². The molecule has 110 valence electrons. The summed E-state index contributed by atoms with van der Waals surface area (Å²) in [6.07, 6.45) is 0.522. The maximum atomic E-state index is 13.8. The number of aliphatic hydroxyl groups excluding tert-OH is 1. The highest BCUT2D eigenvalue weighted by Gasteiger charge is 2.26. The highest BCUT2D eigenvalue weighted by Crippen LogP contribution is 2.17. The van der Waals surface area contributed by atoms with E-state index in [9.17, 15) is 13.6 Å². The average molecular weight is 284 g/mol. The van der Waals surface area contributed by atoms with Crippen molar-refractivity contribution < 1.29 is 18.7 Å². The van der Waals surface area contributed by atoms with Crippen molar-refractivity contribution in [3.8, 4) is 0 Å².